The van der Waals surface area contributed by atoms with Gasteiger partial charge in [-0.1, -0.05) is 61.5 Å². The van der Waals surface area contributed by atoms with Crippen LogP contribution in [0, 0.1) is 19.8 Å². The molecule has 250 valence electrons. The molecule has 4 atom stereocenters. The zero-order valence-corrected chi connectivity index (χ0v) is 27.6. The molecule has 0 unspecified atom stereocenters. The number of amides is 4. The molecule has 6 rings (SSSR count). The molecule has 13 nitrogen and oxygen atoms in total. The maximum Gasteiger partial charge on any atom is 0.254 e. The van der Waals surface area contributed by atoms with Crippen molar-refractivity contribution in [1.82, 2.24) is 45.6 Å². The van der Waals surface area contributed by atoms with Crippen LogP contribution in [0.2, 0.25) is 0 Å². The van der Waals surface area contributed by atoms with Gasteiger partial charge in [-0.2, -0.15) is 5.10 Å². The van der Waals surface area contributed by atoms with Gasteiger partial charge in [0.25, 0.3) is 5.91 Å². The third-order valence-corrected chi connectivity index (χ3v) is 8.99. The minimum Gasteiger partial charge on any atom is -0.349 e. The van der Waals surface area contributed by atoms with Crippen molar-refractivity contribution in [3.05, 3.63) is 101 Å². The van der Waals surface area contributed by atoms with Crippen LogP contribution in [0.15, 0.2) is 66.9 Å². The van der Waals surface area contributed by atoms with Gasteiger partial charge >= 0.3 is 0 Å². The molecule has 1 fully saturated rings. The Hall–Kier alpha value is -5.33. The van der Waals surface area contributed by atoms with E-state index in [1.165, 1.54) is 0 Å². The van der Waals surface area contributed by atoms with E-state index < -0.39 is 29.9 Å². The van der Waals surface area contributed by atoms with Crippen molar-refractivity contribution < 1.29 is 19.2 Å². The molecular weight excluding hydrogens is 610 g/mol. The number of likely N-dealkylation sites (tertiary alicyclic amines) is 1. The Labute approximate surface area is 279 Å². The summed E-state index contributed by atoms with van der Waals surface area (Å²) in [5, 5.41) is 21.8. The number of nitrogens with zero attached hydrogens (tertiary/aromatic N) is 6. The third-order valence-electron chi connectivity index (χ3n) is 8.99. The van der Waals surface area contributed by atoms with Gasteiger partial charge in [-0.25, -0.2) is 4.68 Å². The van der Waals surface area contributed by atoms with Gasteiger partial charge in [0, 0.05) is 30.6 Å². The maximum atomic E-state index is 14.1. The van der Waals surface area contributed by atoms with Crippen LogP contribution in [-0.4, -0.2) is 78.0 Å². The molecule has 13 heteroatoms. The molecule has 4 heterocycles. The van der Waals surface area contributed by atoms with Crippen molar-refractivity contribution in [2.45, 2.75) is 77.8 Å². The van der Waals surface area contributed by atoms with E-state index in [2.05, 4.69) is 31.4 Å². The fourth-order valence-corrected chi connectivity index (χ4v) is 6.43. The van der Waals surface area contributed by atoms with Gasteiger partial charge in [0.15, 0.2) is 0 Å². The summed E-state index contributed by atoms with van der Waals surface area (Å²) >= 11 is 0. The van der Waals surface area contributed by atoms with Gasteiger partial charge in [-0.15, -0.1) is 5.10 Å². The Balaban J connectivity index is 1.29. The van der Waals surface area contributed by atoms with Gasteiger partial charge in [-0.05, 0) is 49.1 Å². The van der Waals surface area contributed by atoms with E-state index in [-0.39, 0.29) is 49.7 Å². The SMILES string of the molecule is Cc1cc(C)n(Cc2cccc(C(=O)N3C[C@@H]4C[C@H]3C(=O)N[C@@H](C(C)C)C(=O)N[C@H](Cc3ccccc3)C(=O)NCc3cn4nn3)c2)n1. The molecule has 3 N–H and O–H groups in total. The fourth-order valence-electron chi connectivity index (χ4n) is 6.43. The van der Waals surface area contributed by atoms with Crippen LogP contribution in [-0.2, 0) is 33.9 Å². The number of fused-ring (bicyclic) bond motifs is 5. The highest BCUT2D eigenvalue weighted by Crippen LogP contribution is 2.29. The predicted octanol–water partition coefficient (Wildman–Crippen LogP) is 2.09. The molecule has 48 heavy (non-hydrogen) atoms. The fraction of sp³-hybridized carbons (Fsp3) is 0.400. The lowest BCUT2D eigenvalue weighted by molar-refractivity contribution is -0.134. The normalized spacial score (nSPS) is 21.7. The minimum atomic E-state index is -0.939. The number of carbonyl (C=O) groups excluding carboxylic acids is 4. The average molecular weight is 652 g/mol. The summed E-state index contributed by atoms with van der Waals surface area (Å²) in [5.41, 5.74) is 4.68. The number of hydrogen-bond donors (Lipinski definition) is 3. The summed E-state index contributed by atoms with van der Waals surface area (Å²) in [4.78, 5) is 56.8. The highest BCUT2D eigenvalue weighted by molar-refractivity contribution is 5.99. The zero-order valence-electron chi connectivity index (χ0n) is 27.6. The Bertz CT molecular complexity index is 1810. The molecule has 0 aliphatic carbocycles. The van der Waals surface area contributed by atoms with Crippen LogP contribution in [0.4, 0.5) is 0 Å². The molecule has 0 radical (unpaired) electrons. The average Bonchev–Trinajstić information content (AvgIpc) is 3.80. The van der Waals surface area contributed by atoms with Crippen molar-refractivity contribution in [3.8, 4) is 0 Å². The number of carbonyl (C=O) groups is 4. The second kappa shape index (κ2) is 13.8. The van der Waals surface area contributed by atoms with Gasteiger partial charge in [0.2, 0.25) is 17.7 Å². The summed E-state index contributed by atoms with van der Waals surface area (Å²) in [6.07, 6.45) is 2.26. The quantitative estimate of drug-likeness (QED) is 0.288. The van der Waals surface area contributed by atoms with E-state index in [9.17, 15) is 19.2 Å². The Kier molecular flexibility index (Phi) is 9.37. The van der Waals surface area contributed by atoms with Crippen molar-refractivity contribution in [1.29, 1.82) is 0 Å². The number of benzene rings is 2. The summed E-state index contributed by atoms with van der Waals surface area (Å²) in [5.74, 6) is -1.88. The van der Waals surface area contributed by atoms with E-state index in [1.807, 2.05) is 87.0 Å². The van der Waals surface area contributed by atoms with Crippen molar-refractivity contribution >= 4 is 23.6 Å². The van der Waals surface area contributed by atoms with Gasteiger partial charge in [0.05, 0.1) is 31.0 Å². The van der Waals surface area contributed by atoms with Crippen LogP contribution < -0.4 is 16.0 Å². The zero-order chi connectivity index (χ0) is 33.9. The summed E-state index contributed by atoms with van der Waals surface area (Å²) in [6.45, 7) is 8.41. The number of hydrogen-bond acceptors (Lipinski definition) is 7. The van der Waals surface area contributed by atoms with Crippen LogP contribution >= 0.6 is 0 Å². The number of aryl methyl sites for hydroxylation is 2. The summed E-state index contributed by atoms with van der Waals surface area (Å²) < 4.78 is 3.54. The highest BCUT2D eigenvalue weighted by Gasteiger charge is 2.43. The van der Waals surface area contributed by atoms with Crippen molar-refractivity contribution in [2.75, 3.05) is 6.54 Å². The summed E-state index contributed by atoms with van der Waals surface area (Å²) in [6, 6.07) is 15.7. The molecule has 2 aliphatic rings. The predicted molar refractivity (Wildman–Crippen MR) is 176 cm³/mol. The lowest BCUT2D eigenvalue weighted by Gasteiger charge is -2.29. The Morgan fingerprint density at radius 1 is 0.938 bits per heavy atom. The molecule has 4 amide bonds. The van der Waals surface area contributed by atoms with E-state index in [0.717, 1.165) is 22.5 Å². The lowest BCUT2D eigenvalue weighted by Crippen LogP contribution is -2.58. The second-order valence-corrected chi connectivity index (χ2v) is 13.0. The van der Waals surface area contributed by atoms with Gasteiger partial charge in [0.1, 0.15) is 23.8 Å². The largest absolute Gasteiger partial charge is 0.349 e. The lowest BCUT2D eigenvalue weighted by atomic mass is 10.00. The molecule has 4 bridgehead atoms. The van der Waals surface area contributed by atoms with Crippen molar-refractivity contribution in [3.63, 3.8) is 0 Å². The third kappa shape index (κ3) is 7.14. The monoisotopic (exact) mass is 651 g/mol. The number of aromatic nitrogens is 5. The van der Waals surface area contributed by atoms with Crippen LogP contribution in [0.1, 0.15) is 64.9 Å². The van der Waals surface area contributed by atoms with Crippen LogP contribution in [0.5, 0.6) is 0 Å². The van der Waals surface area contributed by atoms with Gasteiger partial charge in [-0.3, -0.25) is 23.9 Å². The minimum absolute atomic E-state index is 0.103. The van der Waals surface area contributed by atoms with Crippen LogP contribution in [0.25, 0.3) is 0 Å². The molecule has 4 aromatic rings. The molecule has 1 saturated heterocycles. The van der Waals surface area contributed by atoms with E-state index >= 15 is 0 Å². The Morgan fingerprint density at radius 2 is 1.71 bits per heavy atom. The van der Waals surface area contributed by atoms with Crippen molar-refractivity contribution in [2.24, 2.45) is 5.92 Å². The van der Waals surface area contributed by atoms with E-state index in [4.69, 9.17) is 0 Å². The molecule has 0 saturated carbocycles. The molecule has 0 spiro atoms. The maximum absolute atomic E-state index is 14.1. The number of nitrogens with one attached hydrogen (secondary N) is 3. The molecule has 2 aromatic carbocycles. The molecule has 2 aromatic heterocycles. The number of rotatable bonds is 6. The van der Waals surface area contributed by atoms with Gasteiger partial charge < -0.3 is 20.9 Å². The first kappa shape index (κ1) is 32.6. The highest BCUT2D eigenvalue weighted by atomic mass is 16.2. The smallest absolute Gasteiger partial charge is 0.254 e. The Morgan fingerprint density at radius 3 is 2.44 bits per heavy atom. The standard InChI is InChI=1S/C35H41N9O4/c1-21(2)31-34(47)37-29(15-24-9-6-5-7-10-24)32(45)36-17-27-19-44(41-39-27)28-16-30(33(46)38-31)42(20-28)35(48)26-12-8-11-25(14-26)18-43-23(4)13-22(3)40-43/h5-14,19,21,28-31H,15-18,20H2,1-4H3,(H,36,45)(H,37,47)(H,38,46)/t28-,29+,30-,31-/m0/s1. The van der Waals surface area contributed by atoms with Crippen LogP contribution in [0.3, 0.4) is 0 Å². The molecular formula is C35H41N9O4. The van der Waals surface area contributed by atoms with E-state index in [0.29, 0.717) is 17.8 Å². The van der Waals surface area contributed by atoms with E-state index in [1.54, 1.807) is 21.8 Å². The first-order valence-corrected chi connectivity index (χ1v) is 16.3. The summed E-state index contributed by atoms with van der Waals surface area (Å²) in [7, 11) is 0. The topological polar surface area (TPSA) is 156 Å². The first-order valence-electron chi connectivity index (χ1n) is 16.3. The second-order valence-electron chi connectivity index (χ2n) is 13.0. The molecule has 2 aliphatic heterocycles. The first-order chi connectivity index (χ1) is 23.0.